The number of rotatable bonds is 3. The lowest BCUT2D eigenvalue weighted by Crippen LogP contribution is -2.09. The Labute approximate surface area is 132 Å². The summed E-state index contributed by atoms with van der Waals surface area (Å²) < 4.78 is 37.4. The van der Waals surface area contributed by atoms with Crippen LogP contribution in [0.1, 0.15) is 10.4 Å². The van der Waals surface area contributed by atoms with Gasteiger partial charge < -0.3 is 4.74 Å². The van der Waals surface area contributed by atoms with E-state index in [1.54, 1.807) is 54.6 Å². The first-order chi connectivity index (χ1) is 10.9. The quantitative estimate of drug-likeness (QED) is 0.453. The van der Waals surface area contributed by atoms with Crippen molar-refractivity contribution in [3.63, 3.8) is 0 Å². The van der Waals surface area contributed by atoms with Crippen LogP contribution in [0.5, 0.6) is 5.75 Å². The fourth-order valence-electron chi connectivity index (χ4n) is 2.22. The number of carbonyl (C=O) groups excluding carboxylic acids is 1. The van der Waals surface area contributed by atoms with Gasteiger partial charge in [0.25, 0.3) is 10.1 Å². The Morgan fingerprint density at radius 1 is 0.913 bits per heavy atom. The molecule has 3 aromatic carbocycles. The molecule has 0 heterocycles. The topological polar surface area (TPSA) is 80.7 Å². The molecule has 0 fully saturated rings. The van der Waals surface area contributed by atoms with E-state index < -0.39 is 16.1 Å². The first kappa shape index (κ1) is 15.2. The summed E-state index contributed by atoms with van der Waals surface area (Å²) >= 11 is 0. The van der Waals surface area contributed by atoms with E-state index in [2.05, 4.69) is 0 Å². The zero-order chi connectivity index (χ0) is 16.4. The zero-order valence-electron chi connectivity index (χ0n) is 11.8. The average molecular weight is 328 g/mol. The Morgan fingerprint density at radius 2 is 1.57 bits per heavy atom. The standard InChI is InChI=1S/C17H12O5S/c18-17(12-6-2-1-3-7-12)22-16-11-14(23(19,20)21)10-13-8-4-5-9-15(13)16/h1-11H,(H,19,20,21). The monoisotopic (exact) mass is 328 g/mol. The second-order valence-corrected chi connectivity index (χ2v) is 6.29. The largest absolute Gasteiger partial charge is 0.422 e. The third kappa shape index (κ3) is 3.23. The number of esters is 1. The molecule has 0 atom stereocenters. The van der Waals surface area contributed by atoms with Gasteiger partial charge in [-0.05, 0) is 23.6 Å². The van der Waals surface area contributed by atoms with Crippen LogP contribution >= 0.6 is 0 Å². The van der Waals surface area contributed by atoms with Crippen molar-refractivity contribution in [1.29, 1.82) is 0 Å². The van der Waals surface area contributed by atoms with Crippen LogP contribution in [0.4, 0.5) is 0 Å². The van der Waals surface area contributed by atoms with Crippen molar-refractivity contribution in [1.82, 2.24) is 0 Å². The highest BCUT2D eigenvalue weighted by atomic mass is 32.2. The summed E-state index contributed by atoms with van der Waals surface area (Å²) in [4.78, 5) is 11.9. The van der Waals surface area contributed by atoms with E-state index in [1.807, 2.05) is 0 Å². The number of ether oxygens (including phenoxy) is 1. The summed E-state index contributed by atoms with van der Waals surface area (Å²) in [5.41, 5.74) is 0.342. The Hall–Kier alpha value is -2.70. The third-order valence-corrected chi connectivity index (χ3v) is 4.14. The Balaban J connectivity index is 2.11. The van der Waals surface area contributed by atoms with Crippen LogP contribution in [0.25, 0.3) is 10.8 Å². The fourth-order valence-corrected chi connectivity index (χ4v) is 2.75. The summed E-state index contributed by atoms with van der Waals surface area (Å²) in [7, 11) is -4.41. The van der Waals surface area contributed by atoms with E-state index in [0.29, 0.717) is 16.3 Å². The molecule has 0 aliphatic heterocycles. The van der Waals surface area contributed by atoms with Gasteiger partial charge in [0, 0.05) is 11.5 Å². The van der Waals surface area contributed by atoms with Gasteiger partial charge in [-0.3, -0.25) is 4.55 Å². The number of hydrogen-bond acceptors (Lipinski definition) is 4. The van der Waals surface area contributed by atoms with Gasteiger partial charge in [-0.25, -0.2) is 4.79 Å². The zero-order valence-corrected chi connectivity index (χ0v) is 12.7. The molecule has 0 saturated carbocycles. The van der Waals surface area contributed by atoms with E-state index in [4.69, 9.17) is 4.74 Å². The molecule has 1 N–H and O–H groups in total. The third-order valence-electron chi connectivity index (χ3n) is 3.31. The van der Waals surface area contributed by atoms with Gasteiger partial charge in [-0.2, -0.15) is 8.42 Å². The summed E-state index contributed by atoms with van der Waals surface area (Å²) in [6.45, 7) is 0. The molecule has 5 nitrogen and oxygen atoms in total. The predicted octanol–water partition coefficient (Wildman–Crippen LogP) is 3.31. The van der Waals surface area contributed by atoms with Gasteiger partial charge in [0.2, 0.25) is 0 Å². The SMILES string of the molecule is O=C(Oc1cc(S(=O)(=O)O)cc2ccccc12)c1ccccc1. The van der Waals surface area contributed by atoms with E-state index in [9.17, 15) is 17.8 Å². The lowest BCUT2D eigenvalue weighted by Gasteiger charge is -2.09. The second-order valence-electron chi connectivity index (χ2n) is 4.87. The lowest BCUT2D eigenvalue weighted by molar-refractivity contribution is 0.0736. The van der Waals surface area contributed by atoms with Gasteiger partial charge in [0.1, 0.15) is 5.75 Å². The van der Waals surface area contributed by atoms with Gasteiger partial charge in [-0.15, -0.1) is 0 Å². The summed E-state index contributed by atoms with van der Waals surface area (Å²) in [6.07, 6.45) is 0. The van der Waals surface area contributed by atoms with Crippen LogP contribution in [-0.2, 0) is 10.1 Å². The van der Waals surface area contributed by atoms with E-state index in [0.717, 1.165) is 6.07 Å². The smallest absolute Gasteiger partial charge is 0.343 e. The molecule has 0 saturated heterocycles. The normalized spacial score (nSPS) is 11.3. The van der Waals surface area contributed by atoms with Crippen molar-refractivity contribution in [3.05, 3.63) is 72.3 Å². The van der Waals surface area contributed by atoms with Crippen molar-refractivity contribution in [2.24, 2.45) is 0 Å². The number of fused-ring (bicyclic) bond motifs is 1. The molecule has 3 aromatic rings. The van der Waals surface area contributed by atoms with Crippen LogP contribution in [0, 0.1) is 0 Å². The van der Waals surface area contributed by atoms with Crippen molar-refractivity contribution >= 4 is 26.9 Å². The molecule has 0 bridgehead atoms. The van der Waals surface area contributed by atoms with E-state index in [-0.39, 0.29) is 10.6 Å². The summed E-state index contributed by atoms with van der Waals surface area (Å²) in [5, 5.41) is 1.11. The van der Waals surface area contributed by atoms with Crippen LogP contribution in [0.15, 0.2) is 71.6 Å². The van der Waals surface area contributed by atoms with Crippen LogP contribution in [0.2, 0.25) is 0 Å². The van der Waals surface area contributed by atoms with Crippen LogP contribution < -0.4 is 4.74 Å². The van der Waals surface area contributed by atoms with Crippen molar-refractivity contribution in [3.8, 4) is 5.75 Å². The first-order valence-electron chi connectivity index (χ1n) is 6.73. The average Bonchev–Trinajstić information content (AvgIpc) is 2.54. The van der Waals surface area contributed by atoms with E-state index in [1.165, 1.54) is 6.07 Å². The van der Waals surface area contributed by atoms with Crippen molar-refractivity contribution in [2.45, 2.75) is 4.90 Å². The van der Waals surface area contributed by atoms with Gasteiger partial charge in [0.05, 0.1) is 10.5 Å². The Morgan fingerprint density at radius 3 is 2.26 bits per heavy atom. The molecule has 0 spiro atoms. The lowest BCUT2D eigenvalue weighted by atomic mass is 10.1. The minimum absolute atomic E-state index is 0.0737. The molecule has 0 aliphatic carbocycles. The highest BCUT2D eigenvalue weighted by Gasteiger charge is 2.16. The van der Waals surface area contributed by atoms with Crippen LogP contribution in [0.3, 0.4) is 0 Å². The van der Waals surface area contributed by atoms with Crippen molar-refractivity contribution in [2.75, 3.05) is 0 Å². The molecule has 0 aromatic heterocycles. The molecule has 0 aliphatic rings. The van der Waals surface area contributed by atoms with Crippen LogP contribution in [-0.4, -0.2) is 18.9 Å². The fraction of sp³-hybridized carbons (Fsp3) is 0. The maximum absolute atomic E-state index is 12.2. The Bertz CT molecular complexity index is 978. The minimum Gasteiger partial charge on any atom is -0.422 e. The highest BCUT2D eigenvalue weighted by molar-refractivity contribution is 7.85. The highest BCUT2D eigenvalue weighted by Crippen LogP contribution is 2.30. The van der Waals surface area contributed by atoms with Gasteiger partial charge in [-0.1, -0.05) is 42.5 Å². The maximum atomic E-state index is 12.2. The number of benzene rings is 3. The molecule has 0 radical (unpaired) electrons. The number of hydrogen-bond donors (Lipinski definition) is 1. The molecule has 3 rings (SSSR count). The number of carbonyl (C=O) groups is 1. The minimum atomic E-state index is -4.41. The van der Waals surface area contributed by atoms with Gasteiger partial charge >= 0.3 is 5.97 Å². The molecule has 0 unspecified atom stereocenters. The van der Waals surface area contributed by atoms with Crippen molar-refractivity contribution < 1.29 is 22.5 Å². The molecule has 23 heavy (non-hydrogen) atoms. The Kier molecular flexibility index (Phi) is 3.85. The molecule has 116 valence electrons. The van der Waals surface area contributed by atoms with E-state index >= 15 is 0 Å². The first-order valence-corrected chi connectivity index (χ1v) is 8.17. The predicted molar refractivity (Wildman–Crippen MR) is 85.2 cm³/mol. The van der Waals surface area contributed by atoms with Gasteiger partial charge in [0.15, 0.2) is 0 Å². The second kappa shape index (κ2) is 5.83. The molecule has 0 amide bonds. The summed E-state index contributed by atoms with van der Waals surface area (Å²) in [5.74, 6) is -0.534. The molecule has 6 heteroatoms. The maximum Gasteiger partial charge on any atom is 0.343 e. The summed E-state index contributed by atoms with van der Waals surface area (Å²) in [6, 6.07) is 17.7. The molecular weight excluding hydrogens is 316 g/mol. The molecular formula is C17H12O5S.